The van der Waals surface area contributed by atoms with Crippen molar-refractivity contribution < 1.29 is 0 Å². The SMILES string of the molecule is CC(C)NCc1cnc(N2CC3CCCN3CC2C)cn1. The second-order valence-corrected chi connectivity index (χ2v) is 6.69. The van der Waals surface area contributed by atoms with Crippen LogP contribution >= 0.6 is 0 Å². The molecule has 5 nitrogen and oxygen atoms in total. The number of piperazine rings is 1. The average molecular weight is 289 g/mol. The molecule has 3 heterocycles. The molecule has 0 aliphatic carbocycles. The Bertz CT molecular complexity index is 458. The van der Waals surface area contributed by atoms with Crippen molar-refractivity contribution in [3.8, 4) is 0 Å². The normalized spacial score (nSPS) is 26.4. The largest absolute Gasteiger partial charge is 0.350 e. The highest BCUT2D eigenvalue weighted by molar-refractivity contribution is 5.39. The number of nitrogens with zero attached hydrogens (tertiary/aromatic N) is 4. The van der Waals surface area contributed by atoms with Crippen LogP contribution in [0.3, 0.4) is 0 Å². The summed E-state index contributed by atoms with van der Waals surface area (Å²) in [6.07, 6.45) is 6.53. The van der Waals surface area contributed by atoms with Gasteiger partial charge in [-0.3, -0.25) is 9.88 Å². The molecule has 1 aromatic rings. The van der Waals surface area contributed by atoms with E-state index < -0.39 is 0 Å². The molecule has 21 heavy (non-hydrogen) atoms. The fourth-order valence-electron chi connectivity index (χ4n) is 3.40. The molecule has 2 fully saturated rings. The molecule has 3 rings (SSSR count). The van der Waals surface area contributed by atoms with Gasteiger partial charge < -0.3 is 10.2 Å². The lowest BCUT2D eigenvalue weighted by Gasteiger charge is -2.42. The third-order valence-corrected chi connectivity index (χ3v) is 4.61. The van der Waals surface area contributed by atoms with Crippen LogP contribution in [0.5, 0.6) is 0 Å². The molecule has 5 heteroatoms. The summed E-state index contributed by atoms with van der Waals surface area (Å²) >= 11 is 0. The first-order valence-corrected chi connectivity index (χ1v) is 8.18. The van der Waals surface area contributed by atoms with Crippen LogP contribution in [0.2, 0.25) is 0 Å². The summed E-state index contributed by atoms with van der Waals surface area (Å²) in [7, 11) is 0. The fourth-order valence-corrected chi connectivity index (χ4v) is 3.40. The lowest BCUT2D eigenvalue weighted by atomic mass is 10.1. The first-order chi connectivity index (χ1) is 10.1. The van der Waals surface area contributed by atoms with Gasteiger partial charge in [0, 0.05) is 37.8 Å². The molecule has 1 aromatic heterocycles. The highest BCUT2D eigenvalue weighted by Gasteiger charge is 2.34. The third kappa shape index (κ3) is 3.35. The van der Waals surface area contributed by atoms with E-state index in [2.05, 4.69) is 45.9 Å². The van der Waals surface area contributed by atoms with Crippen molar-refractivity contribution in [1.82, 2.24) is 20.2 Å². The Kier molecular flexibility index (Phi) is 4.40. The highest BCUT2D eigenvalue weighted by Crippen LogP contribution is 2.27. The molecule has 2 unspecified atom stereocenters. The quantitative estimate of drug-likeness (QED) is 0.913. The maximum atomic E-state index is 4.65. The second kappa shape index (κ2) is 6.28. The van der Waals surface area contributed by atoms with Crippen LogP contribution in [0.25, 0.3) is 0 Å². The van der Waals surface area contributed by atoms with E-state index in [1.807, 2.05) is 12.4 Å². The number of aromatic nitrogens is 2. The predicted molar refractivity (Wildman–Crippen MR) is 85.4 cm³/mol. The van der Waals surface area contributed by atoms with Crippen molar-refractivity contribution in [1.29, 1.82) is 0 Å². The Morgan fingerprint density at radius 3 is 2.86 bits per heavy atom. The molecule has 2 aliphatic heterocycles. The number of hydrogen-bond donors (Lipinski definition) is 1. The Balaban J connectivity index is 1.65. The van der Waals surface area contributed by atoms with Crippen LogP contribution in [0, 0.1) is 0 Å². The molecule has 0 bridgehead atoms. The Morgan fingerprint density at radius 1 is 1.29 bits per heavy atom. The van der Waals surface area contributed by atoms with E-state index in [1.54, 1.807) is 0 Å². The summed E-state index contributed by atoms with van der Waals surface area (Å²) in [5.74, 6) is 1.03. The van der Waals surface area contributed by atoms with Crippen molar-refractivity contribution >= 4 is 5.82 Å². The smallest absolute Gasteiger partial charge is 0.147 e. The Hall–Kier alpha value is -1.20. The molecule has 0 saturated carbocycles. The van der Waals surface area contributed by atoms with Gasteiger partial charge in [0.15, 0.2) is 0 Å². The third-order valence-electron chi connectivity index (χ3n) is 4.61. The van der Waals surface area contributed by atoms with Gasteiger partial charge in [0.2, 0.25) is 0 Å². The Morgan fingerprint density at radius 2 is 2.14 bits per heavy atom. The number of rotatable bonds is 4. The van der Waals surface area contributed by atoms with Crippen molar-refractivity contribution in [3.63, 3.8) is 0 Å². The van der Waals surface area contributed by atoms with Gasteiger partial charge in [-0.05, 0) is 26.3 Å². The predicted octanol–water partition coefficient (Wildman–Crippen LogP) is 1.65. The van der Waals surface area contributed by atoms with Gasteiger partial charge in [-0.15, -0.1) is 0 Å². The lowest BCUT2D eigenvalue weighted by Crippen LogP contribution is -2.55. The minimum atomic E-state index is 0.474. The van der Waals surface area contributed by atoms with Gasteiger partial charge in [0.25, 0.3) is 0 Å². The number of hydrogen-bond acceptors (Lipinski definition) is 5. The van der Waals surface area contributed by atoms with Crippen molar-refractivity contribution in [2.24, 2.45) is 0 Å². The summed E-state index contributed by atoms with van der Waals surface area (Å²) in [6, 6.07) is 1.71. The number of fused-ring (bicyclic) bond motifs is 1. The Labute approximate surface area is 127 Å². The van der Waals surface area contributed by atoms with E-state index in [4.69, 9.17) is 0 Å². The first-order valence-electron chi connectivity index (χ1n) is 8.18. The van der Waals surface area contributed by atoms with E-state index in [0.29, 0.717) is 18.1 Å². The van der Waals surface area contributed by atoms with Gasteiger partial charge in [-0.1, -0.05) is 13.8 Å². The van der Waals surface area contributed by atoms with Gasteiger partial charge >= 0.3 is 0 Å². The van der Waals surface area contributed by atoms with Crippen LogP contribution in [0.15, 0.2) is 12.4 Å². The monoisotopic (exact) mass is 289 g/mol. The van der Waals surface area contributed by atoms with Crippen molar-refractivity contribution in [2.45, 2.75) is 58.3 Å². The molecule has 116 valence electrons. The molecule has 2 saturated heterocycles. The molecule has 0 spiro atoms. The summed E-state index contributed by atoms with van der Waals surface area (Å²) < 4.78 is 0. The van der Waals surface area contributed by atoms with Crippen molar-refractivity contribution in [2.75, 3.05) is 24.5 Å². The molecular formula is C16H27N5. The first kappa shape index (κ1) is 14.7. The number of anilines is 1. The molecule has 2 aliphatic rings. The summed E-state index contributed by atoms with van der Waals surface area (Å²) in [5.41, 5.74) is 1.01. The van der Waals surface area contributed by atoms with Crippen LogP contribution < -0.4 is 10.2 Å². The lowest BCUT2D eigenvalue weighted by molar-refractivity contribution is 0.202. The van der Waals surface area contributed by atoms with Crippen molar-refractivity contribution in [3.05, 3.63) is 18.1 Å². The highest BCUT2D eigenvalue weighted by atomic mass is 15.3. The second-order valence-electron chi connectivity index (χ2n) is 6.69. The van der Waals surface area contributed by atoms with E-state index >= 15 is 0 Å². The zero-order chi connectivity index (χ0) is 14.8. The van der Waals surface area contributed by atoms with Gasteiger partial charge in [-0.2, -0.15) is 0 Å². The maximum absolute atomic E-state index is 4.65. The molecular weight excluding hydrogens is 262 g/mol. The minimum absolute atomic E-state index is 0.474. The number of nitrogens with one attached hydrogen (secondary N) is 1. The van der Waals surface area contributed by atoms with Crippen LogP contribution in [-0.2, 0) is 6.54 Å². The van der Waals surface area contributed by atoms with Gasteiger partial charge in [0.05, 0.1) is 18.1 Å². The summed E-state index contributed by atoms with van der Waals surface area (Å²) in [5, 5.41) is 3.38. The molecule has 0 amide bonds. The van der Waals surface area contributed by atoms with Crippen LogP contribution in [-0.4, -0.2) is 52.6 Å². The van der Waals surface area contributed by atoms with E-state index in [1.165, 1.54) is 19.4 Å². The zero-order valence-electron chi connectivity index (χ0n) is 13.4. The van der Waals surface area contributed by atoms with Crippen LogP contribution in [0.1, 0.15) is 39.3 Å². The molecule has 0 radical (unpaired) electrons. The van der Waals surface area contributed by atoms with Gasteiger partial charge in [-0.25, -0.2) is 4.98 Å². The van der Waals surface area contributed by atoms with E-state index in [0.717, 1.165) is 31.1 Å². The average Bonchev–Trinajstić information content (AvgIpc) is 2.92. The summed E-state index contributed by atoms with van der Waals surface area (Å²) in [6.45, 7) is 10.9. The maximum Gasteiger partial charge on any atom is 0.147 e. The zero-order valence-corrected chi connectivity index (χ0v) is 13.4. The summed E-state index contributed by atoms with van der Waals surface area (Å²) in [4.78, 5) is 14.3. The fraction of sp³-hybridized carbons (Fsp3) is 0.750. The minimum Gasteiger partial charge on any atom is -0.350 e. The van der Waals surface area contributed by atoms with Gasteiger partial charge in [0.1, 0.15) is 5.82 Å². The molecule has 1 N–H and O–H groups in total. The molecule has 0 aromatic carbocycles. The van der Waals surface area contributed by atoms with E-state index in [-0.39, 0.29) is 0 Å². The van der Waals surface area contributed by atoms with E-state index in [9.17, 15) is 0 Å². The topological polar surface area (TPSA) is 44.3 Å². The molecule has 2 atom stereocenters. The van der Waals surface area contributed by atoms with Crippen LogP contribution in [0.4, 0.5) is 5.82 Å². The standard InChI is InChI=1S/C16H27N5/c1-12(2)17-7-14-8-19-16(9-18-14)21-11-15-5-4-6-20(15)10-13(21)3/h8-9,12-13,15,17H,4-7,10-11H2,1-3H3.